The van der Waals surface area contributed by atoms with Gasteiger partial charge >= 0.3 is 17.9 Å². The van der Waals surface area contributed by atoms with Crippen molar-refractivity contribution < 1.29 is 28.6 Å². The fourth-order valence-corrected chi connectivity index (χ4v) is 9.98. The average molecular weight is 1070 g/mol. The quantitative estimate of drug-likeness (QED) is 0.0261. The average Bonchev–Trinajstić information content (AvgIpc) is 3.42. The summed E-state index contributed by atoms with van der Waals surface area (Å²) in [5, 5.41) is 0. The molecule has 0 saturated heterocycles. The van der Waals surface area contributed by atoms with E-state index in [-0.39, 0.29) is 31.1 Å². The summed E-state index contributed by atoms with van der Waals surface area (Å²) in [6.07, 6.45) is 81.3. The fraction of sp³-hybridized carbons (Fsp3) is 0.843. The van der Waals surface area contributed by atoms with Crippen molar-refractivity contribution in [2.75, 3.05) is 13.2 Å². The Labute approximate surface area is 473 Å². The number of hydrogen-bond donors (Lipinski definition) is 0. The molecule has 0 aliphatic carbocycles. The van der Waals surface area contributed by atoms with Crippen molar-refractivity contribution in [1.82, 2.24) is 0 Å². The maximum absolute atomic E-state index is 12.9. The Bertz CT molecular complexity index is 1310. The SMILES string of the molecule is CCCCCCC/C=C\C/C=C\CCCCCCCCCCCCCCCCCC(=O)OCC(COC(=O)CCCCCCCCCCCC)OC(=O)CCCCCCCCCCC/C=C\C/C=C\CCCCCCC. The van der Waals surface area contributed by atoms with Gasteiger partial charge in [0.25, 0.3) is 0 Å². The first kappa shape index (κ1) is 73.4. The van der Waals surface area contributed by atoms with Crippen LogP contribution < -0.4 is 0 Å². The van der Waals surface area contributed by atoms with Crippen LogP contribution in [-0.2, 0) is 28.6 Å². The topological polar surface area (TPSA) is 78.9 Å². The van der Waals surface area contributed by atoms with Crippen LogP contribution in [0.1, 0.15) is 361 Å². The molecule has 0 amide bonds. The van der Waals surface area contributed by atoms with Gasteiger partial charge in [-0.1, -0.05) is 307 Å². The molecule has 0 spiro atoms. The number of carbonyl (C=O) groups is 3. The fourth-order valence-electron chi connectivity index (χ4n) is 9.98. The molecule has 0 saturated carbocycles. The summed E-state index contributed by atoms with van der Waals surface area (Å²) in [4.78, 5) is 38.3. The van der Waals surface area contributed by atoms with Gasteiger partial charge in [-0.3, -0.25) is 14.4 Å². The molecule has 6 nitrogen and oxygen atoms in total. The highest BCUT2D eigenvalue weighted by Gasteiger charge is 2.19. The molecule has 0 aromatic rings. The molecule has 0 heterocycles. The van der Waals surface area contributed by atoms with Crippen molar-refractivity contribution in [3.8, 4) is 0 Å². The molecule has 0 aliphatic heterocycles. The number of hydrogen-bond acceptors (Lipinski definition) is 6. The van der Waals surface area contributed by atoms with Gasteiger partial charge < -0.3 is 14.2 Å². The molecule has 0 aromatic heterocycles. The summed E-state index contributed by atoms with van der Waals surface area (Å²) in [6.45, 7) is 6.66. The molecule has 0 rings (SSSR count). The van der Waals surface area contributed by atoms with E-state index in [9.17, 15) is 14.4 Å². The Morgan fingerprint density at radius 3 is 0.724 bits per heavy atom. The molecule has 444 valence electrons. The summed E-state index contributed by atoms with van der Waals surface area (Å²) in [5.74, 6) is -0.855. The first-order chi connectivity index (χ1) is 37.5. The van der Waals surface area contributed by atoms with E-state index >= 15 is 0 Å². The standard InChI is InChI=1S/C70H128O6/c1-4-7-10-13-16-19-22-24-26-28-30-32-33-34-35-36-37-39-40-42-44-46-48-51-54-57-60-63-69(72)75-66-67(65-74-68(71)62-59-56-53-50-21-18-15-12-9-6-3)76-70(73)64-61-58-55-52-49-47-45-43-41-38-31-29-27-25-23-20-17-14-11-8-5-2/h22-25,28-31,67H,4-21,26-27,32-66H2,1-3H3/b24-22-,25-23-,30-28-,31-29-. The predicted octanol–water partition coefficient (Wildman–Crippen LogP) is 22.9. The lowest BCUT2D eigenvalue weighted by atomic mass is 10.0. The Hall–Kier alpha value is -2.63. The third kappa shape index (κ3) is 62.2. The lowest BCUT2D eigenvalue weighted by Gasteiger charge is -2.18. The highest BCUT2D eigenvalue weighted by molar-refractivity contribution is 5.71. The number of ether oxygens (including phenoxy) is 3. The zero-order valence-corrected chi connectivity index (χ0v) is 51.0. The molecule has 1 atom stereocenters. The van der Waals surface area contributed by atoms with Crippen LogP contribution in [0.3, 0.4) is 0 Å². The molecule has 6 heteroatoms. The van der Waals surface area contributed by atoms with Crippen LogP contribution in [0, 0.1) is 0 Å². The minimum absolute atomic E-state index is 0.0706. The molecule has 0 radical (unpaired) electrons. The molecule has 0 N–H and O–H groups in total. The van der Waals surface area contributed by atoms with E-state index in [0.29, 0.717) is 19.3 Å². The minimum atomic E-state index is -0.773. The van der Waals surface area contributed by atoms with Crippen LogP contribution in [-0.4, -0.2) is 37.2 Å². The number of carbonyl (C=O) groups excluding carboxylic acids is 3. The highest BCUT2D eigenvalue weighted by Crippen LogP contribution is 2.17. The second kappa shape index (κ2) is 64.9. The van der Waals surface area contributed by atoms with Gasteiger partial charge in [-0.15, -0.1) is 0 Å². The van der Waals surface area contributed by atoms with Crippen LogP contribution in [0.5, 0.6) is 0 Å². The molecule has 76 heavy (non-hydrogen) atoms. The second-order valence-corrected chi connectivity index (χ2v) is 22.7. The number of unbranched alkanes of at least 4 members (excludes halogenated alkanes) is 43. The molecule has 1 unspecified atom stereocenters. The lowest BCUT2D eigenvalue weighted by molar-refractivity contribution is -0.167. The molecule has 0 fully saturated rings. The van der Waals surface area contributed by atoms with E-state index < -0.39 is 6.10 Å². The summed E-state index contributed by atoms with van der Waals surface area (Å²) in [6, 6.07) is 0. The van der Waals surface area contributed by atoms with E-state index in [1.807, 2.05) is 0 Å². The Morgan fingerprint density at radius 2 is 0.474 bits per heavy atom. The normalized spacial score (nSPS) is 12.3. The van der Waals surface area contributed by atoms with E-state index in [1.54, 1.807) is 0 Å². The van der Waals surface area contributed by atoms with E-state index in [2.05, 4.69) is 69.4 Å². The van der Waals surface area contributed by atoms with E-state index in [0.717, 1.165) is 70.6 Å². The van der Waals surface area contributed by atoms with Gasteiger partial charge in [0.05, 0.1) is 0 Å². The second-order valence-electron chi connectivity index (χ2n) is 22.7. The Balaban J connectivity index is 4.18. The van der Waals surface area contributed by atoms with E-state index in [4.69, 9.17) is 14.2 Å². The monoisotopic (exact) mass is 1060 g/mol. The minimum Gasteiger partial charge on any atom is -0.462 e. The molecular weight excluding hydrogens is 937 g/mol. The van der Waals surface area contributed by atoms with Crippen molar-refractivity contribution in [3.63, 3.8) is 0 Å². The summed E-state index contributed by atoms with van der Waals surface area (Å²) < 4.78 is 16.9. The van der Waals surface area contributed by atoms with Crippen molar-refractivity contribution in [3.05, 3.63) is 48.6 Å². The maximum atomic E-state index is 12.9. The van der Waals surface area contributed by atoms with Gasteiger partial charge in [0.1, 0.15) is 13.2 Å². The predicted molar refractivity (Wildman–Crippen MR) is 330 cm³/mol. The van der Waals surface area contributed by atoms with Gasteiger partial charge in [0.15, 0.2) is 6.10 Å². The number of rotatable bonds is 62. The van der Waals surface area contributed by atoms with Gasteiger partial charge in [0, 0.05) is 19.3 Å². The Kier molecular flexibility index (Phi) is 62.6. The van der Waals surface area contributed by atoms with Crippen LogP contribution in [0.2, 0.25) is 0 Å². The smallest absolute Gasteiger partial charge is 0.306 e. The third-order valence-electron chi connectivity index (χ3n) is 15.1. The van der Waals surface area contributed by atoms with E-state index in [1.165, 1.54) is 250 Å². The van der Waals surface area contributed by atoms with Crippen LogP contribution in [0.25, 0.3) is 0 Å². The zero-order chi connectivity index (χ0) is 55.0. The summed E-state index contributed by atoms with van der Waals surface area (Å²) in [5.41, 5.74) is 0. The first-order valence-electron chi connectivity index (χ1n) is 33.6. The summed E-state index contributed by atoms with van der Waals surface area (Å²) >= 11 is 0. The van der Waals surface area contributed by atoms with Crippen molar-refractivity contribution in [2.24, 2.45) is 0 Å². The molecule has 0 aromatic carbocycles. The lowest BCUT2D eigenvalue weighted by Crippen LogP contribution is -2.30. The largest absolute Gasteiger partial charge is 0.462 e. The van der Waals surface area contributed by atoms with Gasteiger partial charge in [-0.05, 0) is 83.5 Å². The number of allylic oxidation sites excluding steroid dienone is 8. The molecule has 0 bridgehead atoms. The van der Waals surface area contributed by atoms with Crippen LogP contribution >= 0.6 is 0 Å². The van der Waals surface area contributed by atoms with Crippen molar-refractivity contribution >= 4 is 17.9 Å². The Morgan fingerprint density at radius 1 is 0.263 bits per heavy atom. The molecular formula is C70H128O6. The van der Waals surface area contributed by atoms with Gasteiger partial charge in [-0.25, -0.2) is 0 Å². The summed E-state index contributed by atoms with van der Waals surface area (Å²) in [7, 11) is 0. The maximum Gasteiger partial charge on any atom is 0.306 e. The van der Waals surface area contributed by atoms with Crippen LogP contribution in [0.15, 0.2) is 48.6 Å². The third-order valence-corrected chi connectivity index (χ3v) is 15.1. The molecule has 0 aliphatic rings. The van der Waals surface area contributed by atoms with Gasteiger partial charge in [-0.2, -0.15) is 0 Å². The van der Waals surface area contributed by atoms with Crippen LogP contribution in [0.4, 0.5) is 0 Å². The van der Waals surface area contributed by atoms with Gasteiger partial charge in [0.2, 0.25) is 0 Å². The van der Waals surface area contributed by atoms with Crippen molar-refractivity contribution in [2.45, 2.75) is 367 Å². The number of esters is 3. The highest BCUT2D eigenvalue weighted by atomic mass is 16.6. The first-order valence-corrected chi connectivity index (χ1v) is 33.6. The van der Waals surface area contributed by atoms with Crippen molar-refractivity contribution in [1.29, 1.82) is 0 Å². The zero-order valence-electron chi connectivity index (χ0n) is 51.0.